The van der Waals surface area contributed by atoms with Crippen LogP contribution in [0.3, 0.4) is 0 Å². The van der Waals surface area contributed by atoms with Crippen LogP contribution < -0.4 is 10.5 Å². The number of ether oxygens (including phenoxy) is 1. The lowest BCUT2D eigenvalue weighted by Crippen LogP contribution is -2.57. The number of amidine groups is 1. The van der Waals surface area contributed by atoms with Crippen LogP contribution in [-0.2, 0) is 21.8 Å². The maximum atomic E-state index is 14.7. The number of hydrogen-bond acceptors (Lipinski definition) is 8. The van der Waals surface area contributed by atoms with Gasteiger partial charge in [-0.3, -0.25) is 9.79 Å². The average molecular weight is 470 g/mol. The SMILES string of the molecule is COc1cnc(C(=O)Cc2ccc(F)c([C@@]3(C(F)F)CS(=O)(=O)C(C)(C)C(N)=N3)c2)cn1. The molecule has 0 radical (unpaired) electrons. The molecule has 1 aromatic carbocycles. The number of nitrogens with two attached hydrogens (primary N) is 1. The molecule has 1 atom stereocenters. The summed E-state index contributed by atoms with van der Waals surface area (Å²) in [4.78, 5) is 24.1. The summed E-state index contributed by atoms with van der Waals surface area (Å²) in [6.45, 7) is 2.50. The Hall–Kier alpha value is -3.02. The van der Waals surface area contributed by atoms with Crippen LogP contribution in [0.4, 0.5) is 13.2 Å². The number of hydrogen-bond donors (Lipinski definition) is 1. The number of carbonyl (C=O) groups is 1. The number of ketones is 1. The maximum Gasteiger partial charge on any atom is 0.268 e. The summed E-state index contributed by atoms with van der Waals surface area (Å²) < 4.78 is 71.8. The van der Waals surface area contributed by atoms with Gasteiger partial charge in [-0.05, 0) is 31.5 Å². The minimum atomic E-state index is -4.21. The molecule has 2 heterocycles. The number of carbonyl (C=O) groups excluding carboxylic acids is 1. The van der Waals surface area contributed by atoms with E-state index in [4.69, 9.17) is 10.5 Å². The summed E-state index contributed by atoms with van der Waals surface area (Å²) in [6, 6.07) is 3.14. The molecule has 172 valence electrons. The monoisotopic (exact) mass is 470 g/mol. The number of aromatic nitrogens is 2. The molecule has 2 aromatic rings. The Morgan fingerprint density at radius 3 is 2.47 bits per heavy atom. The van der Waals surface area contributed by atoms with Gasteiger partial charge < -0.3 is 10.5 Å². The van der Waals surface area contributed by atoms with Crippen LogP contribution in [0.5, 0.6) is 5.88 Å². The smallest absolute Gasteiger partial charge is 0.268 e. The number of Topliss-reactive ketones (excluding diaryl/α,β-unsaturated/α-hetero) is 1. The molecule has 12 heteroatoms. The third-order valence-electron chi connectivity index (χ3n) is 5.47. The highest BCUT2D eigenvalue weighted by molar-refractivity contribution is 7.93. The average Bonchev–Trinajstić information content (AvgIpc) is 2.73. The van der Waals surface area contributed by atoms with E-state index < -0.39 is 55.3 Å². The summed E-state index contributed by atoms with van der Waals surface area (Å²) in [5.74, 6) is -3.08. The zero-order valence-electron chi connectivity index (χ0n) is 17.5. The number of nitrogens with zero attached hydrogens (tertiary/aromatic N) is 3. The largest absolute Gasteiger partial charge is 0.480 e. The van der Waals surface area contributed by atoms with E-state index in [1.165, 1.54) is 39.4 Å². The molecule has 0 fully saturated rings. The van der Waals surface area contributed by atoms with Gasteiger partial charge in [0.15, 0.2) is 21.2 Å². The molecule has 0 aliphatic carbocycles. The number of halogens is 3. The van der Waals surface area contributed by atoms with Crippen LogP contribution in [-0.4, -0.2) is 54.0 Å². The number of sulfone groups is 1. The van der Waals surface area contributed by atoms with E-state index >= 15 is 0 Å². The highest BCUT2D eigenvalue weighted by atomic mass is 32.2. The first-order valence-corrected chi connectivity index (χ1v) is 11.0. The molecule has 0 bridgehead atoms. The lowest BCUT2D eigenvalue weighted by Gasteiger charge is -2.39. The number of aliphatic imine (C=N–C) groups is 1. The van der Waals surface area contributed by atoms with E-state index in [-0.39, 0.29) is 23.6 Å². The van der Waals surface area contributed by atoms with E-state index in [0.717, 1.165) is 12.1 Å². The Bertz CT molecular complexity index is 1180. The quantitative estimate of drug-likeness (QED) is 0.641. The van der Waals surface area contributed by atoms with Crippen molar-refractivity contribution in [1.29, 1.82) is 0 Å². The fourth-order valence-corrected chi connectivity index (χ4v) is 4.88. The van der Waals surface area contributed by atoms with Gasteiger partial charge in [0.1, 0.15) is 22.1 Å². The van der Waals surface area contributed by atoms with Crippen molar-refractivity contribution in [2.24, 2.45) is 10.7 Å². The number of alkyl halides is 2. The second kappa shape index (κ2) is 8.15. The van der Waals surface area contributed by atoms with Crippen LogP contribution in [0.25, 0.3) is 0 Å². The topological polar surface area (TPSA) is 125 Å². The molecule has 0 unspecified atom stereocenters. The van der Waals surface area contributed by atoms with Crippen LogP contribution in [0.1, 0.15) is 35.5 Å². The highest BCUT2D eigenvalue weighted by Gasteiger charge is 2.56. The zero-order chi connectivity index (χ0) is 23.9. The first kappa shape index (κ1) is 23.6. The lowest BCUT2D eigenvalue weighted by atomic mass is 9.89. The van der Waals surface area contributed by atoms with Crippen LogP contribution in [0.15, 0.2) is 35.6 Å². The Morgan fingerprint density at radius 2 is 1.94 bits per heavy atom. The van der Waals surface area contributed by atoms with Gasteiger partial charge in [0.25, 0.3) is 6.43 Å². The van der Waals surface area contributed by atoms with Gasteiger partial charge >= 0.3 is 0 Å². The Kier molecular flexibility index (Phi) is 6.02. The van der Waals surface area contributed by atoms with E-state index in [2.05, 4.69) is 15.0 Å². The van der Waals surface area contributed by atoms with Crippen LogP contribution in [0, 0.1) is 5.82 Å². The lowest BCUT2D eigenvalue weighted by molar-refractivity contribution is 0.0621. The molecule has 32 heavy (non-hydrogen) atoms. The molecule has 1 aromatic heterocycles. The third kappa shape index (κ3) is 3.94. The highest BCUT2D eigenvalue weighted by Crippen LogP contribution is 2.42. The third-order valence-corrected chi connectivity index (χ3v) is 8.05. The van der Waals surface area contributed by atoms with Crippen molar-refractivity contribution >= 4 is 21.5 Å². The summed E-state index contributed by atoms with van der Waals surface area (Å²) >= 11 is 0. The first-order valence-electron chi connectivity index (χ1n) is 9.38. The number of methoxy groups -OCH3 is 1. The molecule has 0 spiro atoms. The molecular formula is C20H21F3N4O4S. The van der Waals surface area contributed by atoms with Crippen molar-refractivity contribution in [2.75, 3.05) is 12.9 Å². The van der Waals surface area contributed by atoms with Gasteiger partial charge in [-0.2, -0.15) is 0 Å². The zero-order valence-corrected chi connectivity index (χ0v) is 18.3. The predicted octanol–water partition coefficient (Wildman–Crippen LogP) is 2.07. The maximum absolute atomic E-state index is 14.7. The Labute approximate surface area is 182 Å². The standard InChI is InChI=1S/C20H21F3N4O4S/c1-19(2)18(24)27-20(17(22)23,10-32(19,29)30)12-6-11(4-5-13(12)21)7-15(28)14-8-26-16(31-3)9-25-14/h4-6,8-9,17H,7,10H2,1-3H3,(H2,24,27)/t20-/m1/s1. The molecule has 1 aliphatic rings. The first-order chi connectivity index (χ1) is 14.8. The van der Waals surface area contributed by atoms with Gasteiger partial charge in [0, 0.05) is 12.0 Å². The number of rotatable bonds is 6. The molecular weight excluding hydrogens is 449 g/mol. The molecule has 0 amide bonds. The minimum Gasteiger partial charge on any atom is -0.480 e. The van der Waals surface area contributed by atoms with Crippen molar-refractivity contribution in [3.05, 3.63) is 53.2 Å². The molecule has 3 rings (SSSR count). The minimum absolute atomic E-state index is 0.00972. The van der Waals surface area contributed by atoms with Gasteiger partial charge in [-0.25, -0.2) is 31.6 Å². The van der Waals surface area contributed by atoms with Crippen LogP contribution >= 0.6 is 0 Å². The molecule has 0 saturated heterocycles. The summed E-state index contributed by atoms with van der Waals surface area (Å²) in [6.07, 6.45) is -1.26. The Morgan fingerprint density at radius 1 is 1.25 bits per heavy atom. The van der Waals surface area contributed by atoms with E-state index in [0.29, 0.717) is 0 Å². The van der Waals surface area contributed by atoms with Gasteiger partial charge in [-0.15, -0.1) is 0 Å². The van der Waals surface area contributed by atoms with Crippen molar-refractivity contribution < 1.29 is 31.1 Å². The van der Waals surface area contributed by atoms with E-state index in [1.54, 1.807) is 0 Å². The molecule has 8 nitrogen and oxygen atoms in total. The van der Waals surface area contributed by atoms with Crippen molar-refractivity contribution in [2.45, 2.75) is 37.0 Å². The molecule has 2 N–H and O–H groups in total. The van der Waals surface area contributed by atoms with Crippen molar-refractivity contribution in [3.8, 4) is 5.88 Å². The van der Waals surface area contributed by atoms with Gasteiger partial charge in [0.2, 0.25) is 5.88 Å². The Balaban J connectivity index is 2.05. The van der Waals surface area contributed by atoms with Crippen molar-refractivity contribution in [1.82, 2.24) is 9.97 Å². The fraction of sp³-hybridized carbons (Fsp3) is 0.400. The molecule has 0 saturated carbocycles. The second-order valence-electron chi connectivity index (χ2n) is 7.85. The summed E-state index contributed by atoms with van der Waals surface area (Å²) in [5.41, 5.74) is 2.51. The second-order valence-corrected chi connectivity index (χ2v) is 10.4. The fourth-order valence-electron chi connectivity index (χ4n) is 3.23. The van der Waals surface area contributed by atoms with Crippen LogP contribution in [0.2, 0.25) is 0 Å². The van der Waals surface area contributed by atoms with Crippen molar-refractivity contribution in [3.63, 3.8) is 0 Å². The summed E-state index contributed by atoms with van der Waals surface area (Å²) in [5, 5.41) is 0. The van der Waals surface area contributed by atoms with E-state index in [1.807, 2.05) is 0 Å². The molecule has 1 aliphatic heterocycles. The number of benzene rings is 1. The normalized spacial score (nSPS) is 21.8. The van der Waals surface area contributed by atoms with Gasteiger partial charge in [0.05, 0.1) is 25.3 Å². The van der Waals surface area contributed by atoms with E-state index in [9.17, 15) is 26.4 Å². The summed E-state index contributed by atoms with van der Waals surface area (Å²) in [7, 11) is -2.83. The predicted molar refractivity (Wildman–Crippen MR) is 110 cm³/mol. The van der Waals surface area contributed by atoms with Gasteiger partial charge in [-0.1, -0.05) is 6.07 Å².